The number of hydrogen-bond acceptors (Lipinski definition) is 3. The van der Waals surface area contributed by atoms with Gasteiger partial charge >= 0.3 is 6.03 Å². The van der Waals surface area contributed by atoms with Gasteiger partial charge in [0.1, 0.15) is 0 Å². The molecule has 22 heavy (non-hydrogen) atoms. The van der Waals surface area contributed by atoms with Gasteiger partial charge in [0.05, 0.1) is 17.7 Å². The number of carbonyl (C=O) groups excluding carboxylic acids is 1. The molecule has 2 heterocycles. The normalized spacial score (nSPS) is 35.8. The molecule has 1 saturated carbocycles. The van der Waals surface area contributed by atoms with Gasteiger partial charge in [-0.05, 0) is 65.8 Å². The number of β-amino-alcohol motifs (C(OH)–C–C–N with tert-alkyl or cyclic N) is 1. The van der Waals surface area contributed by atoms with Gasteiger partial charge in [0.25, 0.3) is 0 Å². The van der Waals surface area contributed by atoms with Crippen molar-refractivity contribution in [3.05, 3.63) is 0 Å². The third-order valence-corrected chi connectivity index (χ3v) is 5.54. The number of carbonyl (C=O) groups is 1. The predicted molar refractivity (Wildman–Crippen MR) is 86.7 cm³/mol. The molecular weight excluding hydrogens is 278 g/mol. The molecule has 0 aromatic carbocycles. The summed E-state index contributed by atoms with van der Waals surface area (Å²) in [5, 5.41) is 13.8. The van der Waals surface area contributed by atoms with Gasteiger partial charge in [0, 0.05) is 18.6 Å². The average molecular weight is 309 g/mol. The number of aliphatic hydroxyl groups is 1. The fraction of sp³-hybridized carbons (Fsp3) is 0.941. The summed E-state index contributed by atoms with van der Waals surface area (Å²) >= 11 is 0. The van der Waals surface area contributed by atoms with Crippen LogP contribution in [0.5, 0.6) is 0 Å². The monoisotopic (exact) mass is 309 g/mol. The second-order valence-electron chi connectivity index (χ2n) is 8.51. The van der Waals surface area contributed by atoms with Gasteiger partial charge < -0.3 is 20.2 Å². The Morgan fingerprint density at radius 1 is 1.41 bits per heavy atom. The largest absolute Gasteiger partial charge is 0.389 e. The fourth-order valence-electron chi connectivity index (χ4n) is 5.02. The van der Waals surface area contributed by atoms with Crippen LogP contribution in [-0.4, -0.2) is 63.8 Å². The first-order valence-electron chi connectivity index (χ1n) is 8.76. The molecule has 0 bridgehead atoms. The molecule has 0 aromatic heterocycles. The zero-order chi connectivity index (χ0) is 16.1. The van der Waals surface area contributed by atoms with Crippen molar-refractivity contribution in [1.82, 2.24) is 15.1 Å². The first kappa shape index (κ1) is 16.1. The summed E-state index contributed by atoms with van der Waals surface area (Å²) in [5.41, 5.74) is -0.878. The van der Waals surface area contributed by atoms with Crippen molar-refractivity contribution in [3.8, 4) is 0 Å². The Kier molecular flexibility index (Phi) is 3.92. The number of piperidine rings is 1. The zero-order valence-electron chi connectivity index (χ0n) is 14.4. The molecule has 3 rings (SSSR count). The molecule has 5 nitrogen and oxygen atoms in total. The lowest BCUT2D eigenvalue weighted by atomic mass is 9.91. The minimum absolute atomic E-state index is 0.0385. The Bertz CT molecular complexity index is 430. The van der Waals surface area contributed by atoms with E-state index in [1.165, 1.54) is 12.8 Å². The second-order valence-corrected chi connectivity index (χ2v) is 8.51. The number of fused-ring (bicyclic) bond motifs is 1. The van der Waals surface area contributed by atoms with Crippen LogP contribution in [0.2, 0.25) is 0 Å². The summed E-state index contributed by atoms with van der Waals surface area (Å²) in [5.74, 6) is 0.699. The molecular formula is C17H31N3O2. The first-order valence-corrected chi connectivity index (χ1v) is 8.76. The van der Waals surface area contributed by atoms with E-state index < -0.39 is 5.60 Å². The Balaban J connectivity index is 1.84. The number of rotatable bonds is 3. The fourth-order valence-corrected chi connectivity index (χ4v) is 5.02. The second kappa shape index (κ2) is 5.38. The first-order chi connectivity index (χ1) is 10.2. The lowest BCUT2D eigenvalue weighted by molar-refractivity contribution is 0.0501. The van der Waals surface area contributed by atoms with Gasteiger partial charge in [-0.2, -0.15) is 0 Å². The van der Waals surface area contributed by atoms with Gasteiger partial charge in [0.2, 0.25) is 0 Å². The third kappa shape index (κ3) is 2.73. The van der Waals surface area contributed by atoms with Crippen LogP contribution in [0.3, 0.4) is 0 Å². The molecule has 2 amide bonds. The van der Waals surface area contributed by atoms with Crippen LogP contribution < -0.4 is 5.32 Å². The molecule has 3 atom stereocenters. The highest BCUT2D eigenvalue weighted by Crippen LogP contribution is 2.47. The van der Waals surface area contributed by atoms with Gasteiger partial charge in [-0.25, -0.2) is 4.79 Å². The van der Waals surface area contributed by atoms with Crippen LogP contribution in [0.1, 0.15) is 53.4 Å². The summed E-state index contributed by atoms with van der Waals surface area (Å²) in [7, 11) is 0. The van der Waals surface area contributed by atoms with Crippen molar-refractivity contribution >= 4 is 6.03 Å². The van der Waals surface area contributed by atoms with Crippen LogP contribution in [0, 0.1) is 5.92 Å². The maximum absolute atomic E-state index is 12.9. The summed E-state index contributed by atoms with van der Waals surface area (Å²) in [4.78, 5) is 16.9. The molecule has 1 spiro atoms. The topological polar surface area (TPSA) is 55.8 Å². The van der Waals surface area contributed by atoms with Crippen LogP contribution >= 0.6 is 0 Å². The quantitative estimate of drug-likeness (QED) is 0.836. The molecule has 2 N–H and O–H groups in total. The van der Waals surface area contributed by atoms with Crippen molar-refractivity contribution in [2.24, 2.45) is 5.92 Å². The number of hydrogen-bond donors (Lipinski definition) is 2. The zero-order valence-corrected chi connectivity index (χ0v) is 14.4. The molecule has 0 radical (unpaired) electrons. The lowest BCUT2D eigenvalue weighted by Crippen LogP contribution is -2.49. The highest BCUT2D eigenvalue weighted by molar-refractivity contribution is 5.79. The number of nitrogens with zero attached hydrogens (tertiary/aromatic N) is 2. The highest BCUT2D eigenvalue weighted by Gasteiger charge is 2.57. The van der Waals surface area contributed by atoms with Crippen molar-refractivity contribution in [1.29, 1.82) is 0 Å². The van der Waals surface area contributed by atoms with Crippen LogP contribution in [0.4, 0.5) is 4.79 Å². The SMILES string of the molecule is CC(C)N1C(=O)N(CC(C)(C)O)CC12CC1CCCNC1C2. The van der Waals surface area contributed by atoms with Crippen LogP contribution in [0.25, 0.3) is 0 Å². The smallest absolute Gasteiger partial charge is 0.320 e. The Morgan fingerprint density at radius 2 is 2.14 bits per heavy atom. The lowest BCUT2D eigenvalue weighted by Gasteiger charge is -2.36. The maximum Gasteiger partial charge on any atom is 0.320 e. The number of nitrogens with one attached hydrogen (secondary N) is 1. The van der Waals surface area contributed by atoms with Crippen LogP contribution in [0.15, 0.2) is 0 Å². The highest BCUT2D eigenvalue weighted by atomic mass is 16.3. The summed E-state index contributed by atoms with van der Waals surface area (Å²) < 4.78 is 0. The molecule has 2 saturated heterocycles. The molecule has 1 aliphatic carbocycles. The molecule has 3 fully saturated rings. The van der Waals surface area contributed by atoms with Crippen LogP contribution in [-0.2, 0) is 0 Å². The van der Waals surface area contributed by atoms with Gasteiger partial charge in [-0.15, -0.1) is 0 Å². The van der Waals surface area contributed by atoms with Crippen molar-refractivity contribution in [3.63, 3.8) is 0 Å². The molecule has 126 valence electrons. The van der Waals surface area contributed by atoms with E-state index in [0.29, 0.717) is 18.5 Å². The van der Waals surface area contributed by atoms with Crippen molar-refractivity contribution in [2.75, 3.05) is 19.6 Å². The van der Waals surface area contributed by atoms with Crippen molar-refractivity contribution in [2.45, 2.75) is 76.6 Å². The maximum atomic E-state index is 12.9. The van der Waals surface area contributed by atoms with E-state index in [1.54, 1.807) is 13.8 Å². The van der Waals surface area contributed by atoms with E-state index in [9.17, 15) is 9.90 Å². The van der Waals surface area contributed by atoms with E-state index in [4.69, 9.17) is 0 Å². The summed E-state index contributed by atoms with van der Waals surface area (Å²) in [6.45, 7) is 10.1. The number of amides is 2. The third-order valence-electron chi connectivity index (χ3n) is 5.54. The van der Waals surface area contributed by atoms with E-state index in [-0.39, 0.29) is 17.6 Å². The molecule has 3 unspecified atom stereocenters. The molecule has 3 aliphatic rings. The van der Waals surface area contributed by atoms with Gasteiger partial charge in [-0.1, -0.05) is 0 Å². The Labute approximate surface area is 134 Å². The Hall–Kier alpha value is -0.810. The minimum Gasteiger partial charge on any atom is -0.389 e. The molecule has 0 aromatic rings. The van der Waals surface area contributed by atoms with E-state index in [2.05, 4.69) is 24.1 Å². The Morgan fingerprint density at radius 3 is 2.73 bits per heavy atom. The molecule has 2 aliphatic heterocycles. The standard InChI is InChI=1S/C17H31N3O2/c1-12(2)20-15(21)19(10-16(3,4)22)11-17(20)8-13-6-5-7-18-14(13)9-17/h12-14,18,22H,5-11H2,1-4H3. The average Bonchev–Trinajstić information content (AvgIpc) is 2.85. The van der Waals surface area contributed by atoms with E-state index in [1.807, 2.05) is 4.90 Å². The van der Waals surface area contributed by atoms with Gasteiger partial charge in [0.15, 0.2) is 0 Å². The molecule has 5 heteroatoms. The predicted octanol–water partition coefficient (Wildman–Crippen LogP) is 1.80. The van der Waals surface area contributed by atoms with Gasteiger partial charge in [-0.3, -0.25) is 0 Å². The minimum atomic E-state index is -0.840. The van der Waals surface area contributed by atoms with E-state index >= 15 is 0 Å². The summed E-state index contributed by atoms with van der Waals surface area (Å²) in [6.07, 6.45) is 4.70. The van der Waals surface area contributed by atoms with E-state index in [0.717, 1.165) is 25.9 Å². The van der Waals surface area contributed by atoms with Crippen molar-refractivity contribution < 1.29 is 9.90 Å². The summed E-state index contributed by atoms with van der Waals surface area (Å²) in [6, 6.07) is 0.875. The number of urea groups is 1.